The van der Waals surface area contributed by atoms with Crippen molar-refractivity contribution in [1.29, 1.82) is 0 Å². The van der Waals surface area contributed by atoms with E-state index >= 15 is 0 Å². The van der Waals surface area contributed by atoms with E-state index in [0.29, 0.717) is 52.5 Å². The van der Waals surface area contributed by atoms with Crippen LogP contribution in [0.4, 0.5) is 34.1 Å². The maximum absolute atomic E-state index is 8.28. The highest BCUT2D eigenvalue weighted by atomic mass is 16.5. The fraction of sp³-hybridized carbons (Fsp3) is 0.235. The van der Waals surface area contributed by atoms with Crippen LogP contribution in [0.25, 0.3) is 73.8 Å². The van der Waals surface area contributed by atoms with Crippen LogP contribution < -0.4 is 33.5 Å². The molecule has 1 heterocycles. The van der Waals surface area contributed by atoms with Crippen LogP contribution in [0, 0.1) is 111 Å². The quantitative estimate of drug-likeness (QED) is 0.0115. The number of unbranched alkanes of at least 4 members (excludes halogenated alkanes) is 9. The Morgan fingerprint density at radius 2 is 0.468 bits per heavy atom. The molecule has 628 valence electrons. The Hall–Kier alpha value is -17.5. The topological polar surface area (TPSA) is 384 Å². The summed E-state index contributed by atoms with van der Waals surface area (Å²) in [6.45, 7) is 4.42. The fourth-order valence-corrected chi connectivity index (χ4v) is 11.0. The van der Waals surface area contributed by atoms with Gasteiger partial charge in [0.15, 0.2) is 19.8 Å². The van der Waals surface area contributed by atoms with Crippen LogP contribution in [0.2, 0.25) is 0 Å². The minimum Gasteiger partial charge on any atom is -0.494 e. The van der Waals surface area contributed by atoms with Crippen molar-refractivity contribution in [2.45, 2.75) is 90.1 Å². The van der Waals surface area contributed by atoms with Crippen LogP contribution in [0.15, 0.2) is 249 Å². The van der Waals surface area contributed by atoms with E-state index in [-0.39, 0.29) is 37.9 Å². The summed E-state index contributed by atoms with van der Waals surface area (Å²) in [5, 5.41) is 20.9. The van der Waals surface area contributed by atoms with Gasteiger partial charge in [-0.15, -0.1) is 72.8 Å². The zero-order valence-corrected chi connectivity index (χ0v) is 69.6. The summed E-state index contributed by atoms with van der Waals surface area (Å²) in [4.78, 5) is 32.0. The second kappa shape index (κ2) is 62.6. The number of terminal acetylenes is 9. The van der Waals surface area contributed by atoms with Crippen LogP contribution in [-0.4, -0.2) is 74.2 Å². The summed E-state index contributed by atoms with van der Waals surface area (Å²) in [6.07, 6.45) is 59.9. The first-order chi connectivity index (χ1) is 61.9. The molecule has 0 saturated heterocycles. The zero-order chi connectivity index (χ0) is 90.5. The average Bonchev–Trinajstić information content (AvgIpc) is 0.810. The molecule has 10 aromatic rings. The third-order valence-electron chi connectivity index (χ3n) is 17.2. The monoisotopic (exact) mass is 1670 g/mol. The lowest BCUT2D eigenvalue weighted by molar-refractivity contribution is 0.273. The van der Waals surface area contributed by atoms with Crippen molar-refractivity contribution < 1.29 is 23.7 Å². The van der Waals surface area contributed by atoms with Crippen molar-refractivity contribution in [2.75, 3.05) is 69.0 Å². The van der Waals surface area contributed by atoms with Gasteiger partial charge in [0.2, 0.25) is 0 Å². The molecule has 28 heteroatoms. The Kier molecular flexibility index (Phi) is 49.3. The second-order valence-electron chi connectivity index (χ2n) is 25.9. The number of aromatic nitrogens is 3. The number of nitrogens with zero attached hydrogens (tertiary/aromatic N) is 23. The standard InChI is InChI=1S/2C24H15N.C18H28N6O2.C14H12N6.C12H9N3O3.C6H12N6/c2*1-4-19-7-13-22(14-8-19)25(23-15-9-20(5-2)10-16-23)24-17-11-21(6-3)12-18-24;19-23-21-13-5-1-3-7-15-25-17-9-11-18(12-10-17)26-16-8-4-2-6-14-22-24-20;15-19-17-9-11-1-5-13(6-2-11)14-7-3-12(4-8-14)10-18-20-16;1-4-7-16-10-13-11(17-8-5-2)15-12(14-10)18-9-6-3;7-11-9-5-3-1-2-4-6-10-12-8/h2*1-3,7-18H;9-12H,1-8,13-16H2;1-8H,9-10H2;1-3H,7-9H2;1-6H2. The van der Waals surface area contributed by atoms with E-state index in [1.165, 1.54) is 0 Å². The van der Waals surface area contributed by atoms with Crippen LogP contribution in [0.1, 0.15) is 122 Å². The summed E-state index contributed by atoms with van der Waals surface area (Å²) in [6, 6.07) is 70.5. The fourth-order valence-electron chi connectivity index (χ4n) is 11.0. The molecule has 0 radical (unpaired) electrons. The lowest BCUT2D eigenvalue weighted by atomic mass is 10.0. The number of anilines is 6. The van der Waals surface area contributed by atoms with Crippen molar-refractivity contribution in [1.82, 2.24) is 15.0 Å². The van der Waals surface area contributed by atoms with Gasteiger partial charge in [0.05, 0.1) is 26.3 Å². The summed E-state index contributed by atoms with van der Waals surface area (Å²) in [5.41, 5.74) is 64.0. The van der Waals surface area contributed by atoms with Crippen molar-refractivity contribution >= 4 is 34.1 Å². The predicted molar refractivity (Wildman–Crippen MR) is 499 cm³/mol. The van der Waals surface area contributed by atoms with Gasteiger partial charge in [0, 0.05) is 123 Å². The average molecular weight is 1670 g/mol. The molecule has 0 fully saturated rings. The Balaban J connectivity index is 0.000000272. The Morgan fingerprint density at radius 3 is 0.667 bits per heavy atom. The molecule has 0 aliphatic rings. The van der Waals surface area contributed by atoms with Gasteiger partial charge >= 0.3 is 18.0 Å². The number of hydrogen-bond donors (Lipinski definition) is 0. The largest absolute Gasteiger partial charge is 0.494 e. The molecule has 0 saturated carbocycles. The van der Waals surface area contributed by atoms with E-state index < -0.39 is 0 Å². The van der Waals surface area contributed by atoms with Gasteiger partial charge in [-0.2, -0.15) is 0 Å². The molecule has 0 spiro atoms. The molecule has 0 atom stereocenters. The molecule has 126 heavy (non-hydrogen) atoms. The van der Waals surface area contributed by atoms with E-state index in [2.05, 4.69) is 138 Å². The third-order valence-corrected chi connectivity index (χ3v) is 17.2. The summed E-state index contributed by atoms with van der Waals surface area (Å²) < 4.78 is 26.5. The molecule has 0 unspecified atom stereocenters. The van der Waals surface area contributed by atoms with Crippen LogP contribution in [-0.2, 0) is 13.1 Å². The molecule has 1 aromatic heterocycles. The van der Waals surface area contributed by atoms with E-state index in [4.69, 9.17) is 115 Å². The van der Waals surface area contributed by atoms with Crippen molar-refractivity contribution in [3.05, 3.63) is 326 Å². The van der Waals surface area contributed by atoms with Crippen molar-refractivity contribution in [3.8, 4) is 152 Å². The first-order valence-electron chi connectivity index (χ1n) is 39.5. The van der Waals surface area contributed by atoms with E-state index in [9.17, 15) is 0 Å². The normalized spacial score (nSPS) is 9.29. The summed E-state index contributed by atoms with van der Waals surface area (Å²) in [5.74, 6) is 24.4. The van der Waals surface area contributed by atoms with Gasteiger partial charge in [0.25, 0.3) is 0 Å². The van der Waals surface area contributed by atoms with Crippen molar-refractivity contribution in [3.63, 3.8) is 0 Å². The molecule has 10 rings (SSSR count). The van der Waals surface area contributed by atoms with E-state index in [1.807, 2.05) is 218 Å². The lowest BCUT2D eigenvalue weighted by Gasteiger charge is -2.25. The minimum absolute atomic E-state index is 0.00711. The number of azide groups is 6. The lowest BCUT2D eigenvalue weighted by Crippen LogP contribution is -2.09. The van der Waals surface area contributed by atoms with Crippen LogP contribution >= 0.6 is 0 Å². The Bertz CT molecular complexity index is 5030. The van der Waals surface area contributed by atoms with Gasteiger partial charge in [-0.25, -0.2) is 0 Å². The smallest absolute Gasteiger partial charge is 0.326 e. The molecule has 0 bridgehead atoms. The molecule has 9 aromatic carbocycles. The van der Waals surface area contributed by atoms with Gasteiger partial charge in [-0.05, 0) is 264 Å². The van der Waals surface area contributed by atoms with Gasteiger partial charge in [-0.3, -0.25) is 0 Å². The Labute approximate surface area is 735 Å². The molecule has 0 aliphatic carbocycles. The molecular formula is C98H91N23O5. The van der Waals surface area contributed by atoms with Crippen LogP contribution in [0.3, 0.4) is 0 Å². The minimum atomic E-state index is -0.0259. The SMILES string of the molecule is C#CCOc1nc(OCC#C)nc(OCC#C)n1.C#Cc1ccc(N(c2ccc(C#C)cc2)c2ccc(C#C)cc2)cc1.C#Cc1ccc(N(c2ccc(C#C)cc2)c2ccc(C#C)cc2)cc1.[N-]=[N+]=NCCCCCCN=[N+]=[N-].[N-]=[N+]=NCCCCCCOc1ccc(OCCCCCCN=[N+]=[N-])cc1.[N-]=[N+]=NCc1ccc(-c2ccc(CN=[N+]=[N-])cc2)cc1. The van der Waals surface area contributed by atoms with Gasteiger partial charge in [-0.1, -0.05) is 171 Å². The summed E-state index contributed by atoms with van der Waals surface area (Å²) in [7, 11) is 0. The summed E-state index contributed by atoms with van der Waals surface area (Å²) >= 11 is 0. The number of ether oxygens (including phenoxy) is 5. The first kappa shape index (κ1) is 99.1. The highest BCUT2D eigenvalue weighted by Gasteiger charge is 2.16. The van der Waals surface area contributed by atoms with Crippen LogP contribution in [0.5, 0.6) is 29.5 Å². The number of rotatable bonds is 40. The molecule has 0 N–H and O–H groups in total. The maximum Gasteiger partial charge on any atom is 0.326 e. The second-order valence-corrected chi connectivity index (χ2v) is 25.9. The van der Waals surface area contributed by atoms with Crippen molar-refractivity contribution in [2.24, 2.45) is 30.7 Å². The molecule has 28 nitrogen and oxygen atoms in total. The number of hydrogen-bond acceptors (Lipinski definition) is 16. The van der Waals surface area contributed by atoms with E-state index in [1.54, 1.807) is 0 Å². The Morgan fingerprint density at radius 1 is 0.254 bits per heavy atom. The predicted octanol–water partition coefficient (Wildman–Crippen LogP) is 24.4. The number of benzene rings is 9. The highest BCUT2D eigenvalue weighted by molar-refractivity contribution is 5.79. The molecule has 0 amide bonds. The zero-order valence-electron chi connectivity index (χ0n) is 69.6. The molecule has 0 aliphatic heterocycles. The third kappa shape index (κ3) is 39.4. The van der Waals surface area contributed by atoms with Gasteiger partial charge < -0.3 is 33.5 Å². The van der Waals surface area contributed by atoms with Gasteiger partial charge in [0.1, 0.15) is 11.5 Å². The first-order valence-corrected chi connectivity index (χ1v) is 39.5. The molecular weight excluding hydrogens is 1580 g/mol. The maximum atomic E-state index is 8.28. The highest BCUT2D eigenvalue weighted by Crippen LogP contribution is 2.37. The van der Waals surface area contributed by atoms with E-state index in [0.717, 1.165) is 178 Å².